The standard InChI is InChI=1S/C22H28FN5O3S/c1-14(21(30)27-10-8-15(9-11-27)19(24)29)32-22-26-25-20(16-4-6-17(23)7-5-16)28(22)13-18-3-2-12-31-18/h4-7,14-15,18H,2-3,8-13H2,1H3,(H2,24,29). The fourth-order valence-electron chi connectivity index (χ4n) is 4.19. The van der Waals surface area contributed by atoms with Crippen LogP contribution in [0.3, 0.4) is 0 Å². The van der Waals surface area contributed by atoms with Crippen LogP contribution in [0.1, 0.15) is 32.6 Å². The summed E-state index contributed by atoms with van der Waals surface area (Å²) in [6.07, 6.45) is 3.22. The quantitative estimate of drug-likeness (QED) is 0.636. The number of nitrogens with zero attached hydrogens (tertiary/aromatic N) is 4. The largest absolute Gasteiger partial charge is 0.376 e. The number of carbonyl (C=O) groups excluding carboxylic acids is 2. The summed E-state index contributed by atoms with van der Waals surface area (Å²) in [4.78, 5) is 26.2. The summed E-state index contributed by atoms with van der Waals surface area (Å²) in [5.41, 5.74) is 6.16. The van der Waals surface area contributed by atoms with Gasteiger partial charge in [0, 0.05) is 31.2 Å². The molecule has 0 bridgehead atoms. The minimum atomic E-state index is -0.367. The first-order valence-electron chi connectivity index (χ1n) is 11.0. The van der Waals surface area contributed by atoms with Crippen molar-refractivity contribution in [1.29, 1.82) is 0 Å². The minimum absolute atomic E-state index is 0.00733. The number of hydrogen-bond acceptors (Lipinski definition) is 6. The number of aromatic nitrogens is 3. The van der Waals surface area contributed by atoms with Crippen LogP contribution < -0.4 is 5.73 Å². The second kappa shape index (κ2) is 9.99. The molecule has 2 saturated heterocycles. The van der Waals surface area contributed by atoms with Gasteiger partial charge in [-0.3, -0.25) is 14.2 Å². The molecule has 2 unspecified atom stereocenters. The molecule has 2 atom stereocenters. The van der Waals surface area contributed by atoms with Crippen LogP contribution in [0.2, 0.25) is 0 Å². The normalized spacial score (nSPS) is 20.4. The van der Waals surface area contributed by atoms with Crippen LogP contribution in [-0.2, 0) is 20.9 Å². The maximum atomic E-state index is 13.4. The molecule has 0 aliphatic carbocycles. The number of primary amides is 1. The fourth-order valence-corrected chi connectivity index (χ4v) is 5.14. The number of ether oxygens (including phenoxy) is 1. The highest BCUT2D eigenvalue weighted by Gasteiger charge is 2.30. The molecule has 3 heterocycles. The Morgan fingerprint density at radius 3 is 2.56 bits per heavy atom. The molecule has 4 rings (SSSR count). The van der Waals surface area contributed by atoms with Crippen molar-refractivity contribution in [2.24, 2.45) is 11.7 Å². The molecule has 0 radical (unpaired) electrons. The maximum Gasteiger partial charge on any atom is 0.235 e. The van der Waals surface area contributed by atoms with Gasteiger partial charge in [0.15, 0.2) is 11.0 Å². The van der Waals surface area contributed by atoms with Gasteiger partial charge in [0.2, 0.25) is 11.8 Å². The number of halogens is 1. The Hall–Kier alpha value is -2.46. The van der Waals surface area contributed by atoms with Crippen molar-refractivity contribution >= 4 is 23.6 Å². The van der Waals surface area contributed by atoms with Gasteiger partial charge in [-0.1, -0.05) is 11.8 Å². The van der Waals surface area contributed by atoms with Gasteiger partial charge in [0.1, 0.15) is 5.82 Å². The highest BCUT2D eigenvalue weighted by atomic mass is 32.2. The molecule has 2 N–H and O–H groups in total. The lowest BCUT2D eigenvalue weighted by molar-refractivity contribution is -0.134. The van der Waals surface area contributed by atoms with E-state index in [1.54, 1.807) is 17.0 Å². The van der Waals surface area contributed by atoms with Gasteiger partial charge in [-0.05, 0) is 56.9 Å². The van der Waals surface area contributed by atoms with Crippen molar-refractivity contribution < 1.29 is 18.7 Å². The van der Waals surface area contributed by atoms with E-state index in [0.717, 1.165) is 25.0 Å². The third-order valence-corrected chi connectivity index (χ3v) is 7.14. The van der Waals surface area contributed by atoms with Gasteiger partial charge in [-0.2, -0.15) is 0 Å². The van der Waals surface area contributed by atoms with E-state index in [4.69, 9.17) is 10.5 Å². The van der Waals surface area contributed by atoms with Crippen molar-refractivity contribution in [1.82, 2.24) is 19.7 Å². The summed E-state index contributed by atoms with van der Waals surface area (Å²) in [5.74, 6) is -0.129. The van der Waals surface area contributed by atoms with Gasteiger partial charge in [-0.25, -0.2) is 4.39 Å². The van der Waals surface area contributed by atoms with Crippen molar-refractivity contribution in [2.75, 3.05) is 19.7 Å². The summed E-state index contributed by atoms with van der Waals surface area (Å²) >= 11 is 1.36. The number of piperidine rings is 1. The Balaban J connectivity index is 1.50. The summed E-state index contributed by atoms with van der Waals surface area (Å²) in [5, 5.41) is 8.97. The van der Waals surface area contributed by atoms with E-state index in [2.05, 4.69) is 10.2 Å². The number of benzene rings is 1. The van der Waals surface area contributed by atoms with Crippen LogP contribution in [0.25, 0.3) is 11.4 Å². The average molecular weight is 462 g/mol. The summed E-state index contributed by atoms with van der Waals surface area (Å²) in [6, 6.07) is 6.15. The fraction of sp³-hybridized carbons (Fsp3) is 0.545. The Morgan fingerprint density at radius 2 is 1.94 bits per heavy atom. The SMILES string of the molecule is CC(Sc1nnc(-c2ccc(F)cc2)n1CC1CCCO1)C(=O)N1CCC(C(N)=O)CC1. The van der Waals surface area contributed by atoms with Gasteiger partial charge in [-0.15, -0.1) is 10.2 Å². The Morgan fingerprint density at radius 1 is 1.22 bits per heavy atom. The molecular weight excluding hydrogens is 433 g/mol. The van der Waals surface area contributed by atoms with Gasteiger partial charge < -0.3 is 15.4 Å². The van der Waals surface area contributed by atoms with Gasteiger partial charge >= 0.3 is 0 Å². The van der Waals surface area contributed by atoms with Crippen molar-refractivity contribution in [2.45, 2.75) is 55.7 Å². The van der Waals surface area contributed by atoms with Crippen LogP contribution in [0, 0.1) is 11.7 Å². The van der Waals surface area contributed by atoms with Crippen LogP contribution in [0.15, 0.2) is 29.4 Å². The topological polar surface area (TPSA) is 103 Å². The third kappa shape index (κ3) is 5.12. The molecule has 10 heteroatoms. The van der Waals surface area contributed by atoms with E-state index >= 15 is 0 Å². The predicted octanol–water partition coefficient (Wildman–Crippen LogP) is 2.47. The zero-order valence-electron chi connectivity index (χ0n) is 18.1. The first-order valence-corrected chi connectivity index (χ1v) is 11.9. The molecule has 172 valence electrons. The molecule has 2 aliphatic heterocycles. The van der Waals surface area contributed by atoms with E-state index in [0.29, 0.717) is 43.5 Å². The molecule has 2 aromatic rings. The zero-order chi connectivity index (χ0) is 22.7. The molecule has 2 aliphatic rings. The number of thioether (sulfide) groups is 1. The number of rotatable bonds is 7. The second-order valence-electron chi connectivity index (χ2n) is 8.32. The first kappa shape index (κ1) is 22.7. The zero-order valence-corrected chi connectivity index (χ0v) is 18.9. The second-order valence-corrected chi connectivity index (χ2v) is 9.63. The number of nitrogens with two attached hydrogens (primary N) is 1. The summed E-state index contributed by atoms with van der Waals surface area (Å²) in [7, 11) is 0. The minimum Gasteiger partial charge on any atom is -0.376 e. The van der Waals surface area contributed by atoms with Crippen LogP contribution in [0.4, 0.5) is 4.39 Å². The molecule has 2 amide bonds. The molecule has 2 fully saturated rings. The third-order valence-electron chi connectivity index (χ3n) is 6.07. The van der Waals surface area contributed by atoms with E-state index in [1.807, 2.05) is 11.5 Å². The smallest absolute Gasteiger partial charge is 0.235 e. The van der Waals surface area contributed by atoms with E-state index < -0.39 is 0 Å². The Labute approximate surface area is 190 Å². The molecule has 0 spiro atoms. The summed E-state index contributed by atoms with van der Waals surface area (Å²) < 4.78 is 21.2. The van der Waals surface area contributed by atoms with Crippen molar-refractivity contribution in [3.63, 3.8) is 0 Å². The number of carbonyl (C=O) groups is 2. The Kier molecular flexibility index (Phi) is 7.10. The van der Waals surface area contributed by atoms with E-state index in [9.17, 15) is 14.0 Å². The van der Waals surface area contributed by atoms with Crippen molar-refractivity contribution in [3.05, 3.63) is 30.1 Å². The molecule has 1 aromatic heterocycles. The Bertz CT molecular complexity index is 953. The number of amides is 2. The molecule has 8 nitrogen and oxygen atoms in total. The molecule has 1 aromatic carbocycles. The summed E-state index contributed by atoms with van der Waals surface area (Å²) in [6.45, 7) is 4.22. The van der Waals surface area contributed by atoms with Gasteiger partial charge in [0.25, 0.3) is 0 Å². The lowest BCUT2D eigenvalue weighted by Crippen LogP contribution is -2.44. The van der Waals surface area contributed by atoms with E-state index in [1.165, 1.54) is 23.9 Å². The van der Waals surface area contributed by atoms with Crippen LogP contribution in [-0.4, -0.2) is 62.5 Å². The van der Waals surface area contributed by atoms with Crippen LogP contribution in [0.5, 0.6) is 0 Å². The maximum absolute atomic E-state index is 13.4. The van der Waals surface area contributed by atoms with E-state index in [-0.39, 0.29) is 34.9 Å². The number of likely N-dealkylation sites (tertiary alicyclic amines) is 1. The molecular formula is C22H28FN5O3S. The van der Waals surface area contributed by atoms with Crippen LogP contribution >= 0.6 is 11.8 Å². The van der Waals surface area contributed by atoms with Crippen molar-refractivity contribution in [3.8, 4) is 11.4 Å². The highest BCUT2D eigenvalue weighted by Crippen LogP contribution is 2.30. The lowest BCUT2D eigenvalue weighted by Gasteiger charge is -2.32. The average Bonchev–Trinajstić information content (AvgIpc) is 3.45. The predicted molar refractivity (Wildman–Crippen MR) is 118 cm³/mol. The highest BCUT2D eigenvalue weighted by molar-refractivity contribution is 8.00. The molecule has 0 saturated carbocycles. The lowest BCUT2D eigenvalue weighted by atomic mass is 9.96. The first-order chi connectivity index (χ1) is 15.4. The van der Waals surface area contributed by atoms with Gasteiger partial charge in [0.05, 0.1) is 17.9 Å². The molecule has 32 heavy (non-hydrogen) atoms. The number of hydrogen-bond donors (Lipinski definition) is 1. The monoisotopic (exact) mass is 461 g/mol.